The molecule has 3 rings (SSSR count). The largest absolute Gasteiger partial charge is 0.497 e. The predicted molar refractivity (Wildman–Crippen MR) is 125 cm³/mol. The Kier molecular flexibility index (Phi) is 7.25. The van der Waals surface area contributed by atoms with Crippen molar-refractivity contribution in [2.24, 2.45) is 0 Å². The maximum absolute atomic E-state index is 12.6. The molecule has 162 valence electrons. The number of sulfonamides is 1. The Labute approximate surface area is 187 Å². The van der Waals surface area contributed by atoms with Gasteiger partial charge in [0, 0.05) is 16.3 Å². The lowest BCUT2D eigenvalue weighted by Crippen LogP contribution is -2.22. The SMILES string of the molecule is COc1ccc(NS(=O)(=O)c2ccc(NC(=O)[C@@H](C)Sc3ccc(C)cc3)cc2)cc1. The highest BCUT2D eigenvalue weighted by Gasteiger charge is 2.17. The maximum Gasteiger partial charge on any atom is 0.261 e. The molecule has 3 aromatic carbocycles. The first-order chi connectivity index (χ1) is 14.8. The van der Waals surface area contributed by atoms with Gasteiger partial charge in [0.25, 0.3) is 10.0 Å². The van der Waals surface area contributed by atoms with E-state index < -0.39 is 10.0 Å². The number of hydrogen-bond acceptors (Lipinski definition) is 5. The highest BCUT2D eigenvalue weighted by molar-refractivity contribution is 8.00. The third kappa shape index (κ3) is 6.26. The Morgan fingerprint density at radius 3 is 2.06 bits per heavy atom. The first kappa shape index (κ1) is 22.7. The van der Waals surface area contributed by atoms with Gasteiger partial charge in [-0.2, -0.15) is 0 Å². The van der Waals surface area contributed by atoms with Gasteiger partial charge in [0.05, 0.1) is 17.3 Å². The van der Waals surface area contributed by atoms with E-state index in [2.05, 4.69) is 10.0 Å². The summed E-state index contributed by atoms with van der Waals surface area (Å²) in [6.07, 6.45) is 0. The van der Waals surface area contributed by atoms with Gasteiger partial charge >= 0.3 is 0 Å². The van der Waals surface area contributed by atoms with Gasteiger partial charge in [-0.05, 0) is 74.5 Å². The molecule has 2 N–H and O–H groups in total. The van der Waals surface area contributed by atoms with Crippen LogP contribution in [-0.2, 0) is 14.8 Å². The molecule has 0 saturated heterocycles. The molecule has 0 aromatic heterocycles. The summed E-state index contributed by atoms with van der Waals surface area (Å²) >= 11 is 1.46. The molecule has 0 unspecified atom stereocenters. The van der Waals surface area contributed by atoms with Crippen molar-refractivity contribution >= 4 is 39.1 Å². The molecule has 0 aliphatic rings. The van der Waals surface area contributed by atoms with Gasteiger partial charge in [0.15, 0.2) is 0 Å². The van der Waals surface area contributed by atoms with E-state index in [4.69, 9.17) is 4.74 Å². The van der Waals surface area contributed by atoms with Gasteiger partial charge in [-0.1, -0.05) is 17.7 Å². The van der Waals surface area contributed by atoms with Crippen LogP contribution in [-0.4, -0.2) is 26.7 Å². The van der Waals surface area contributed by atoms with Crippen molar-refractivity contribution in [1.82, 2.24) is 0 Å². The number of thioether (sulfide) groups is 1. The number of benzene rings is 3. The summed E-state index contributed by atoms with van der Waals surface area (Å²) in [6, 6.07) is 20.6. The van der Waals surface area contributed by atoms with Crippen LogP contribution in [0.5, 0.6) is 5.75 Å². The summed E-state index contributed by atoms with van der Waals surface area (Å²) in [4.78, 5) is 13.6. The zero-order valence-electron chi connectivity index (χ0n) is 17.5. The van der Waals surface area contributed by atoms with Crippen LogP contribution in [0.4, 0.5) is 11.4 Å². The fourth-order valence-electron chi connectivity index (χ4n) is 2.71. The second-order valence-corrected chi connectivity index (χ2v) is 10.0. The number of methoxy groups -OCH3 is 1. The van der Waals surface area contributed by atoms with Crippen molar-refractivity contribution in [3.05, 3.63) is 78.4 Å². The number of carbonyl (C=O) groups is 1. The minimum absolute atomic E-state index is 0.100. The van der Waals surface area contributed by atoms with Crippen molar-refractivity contribution in [2.45, 2.75) is 28.9 Å². The zero-order valence-corrected chi connectivity index (χ0v) is 19.1. The van der Waals surface area contributed by atoms with Crippen LogP contribution in [0.2, 0.25) is 0 Å². The first-order valence-corrected chi connectivity index (χ1v) is 11.9. The molecule has 0 aliphatic heterocycles. The molecule has 1 atom stereocenters. The highest BCUT2D eigenvalue weighted by Crippen LogP contribution is 2.25. The second-order valence-electron chi connectivity index (χ2n) is 6.92. The lowest BCUT2D eigenvalue weighted by atomic mass is 10.2. The topological polar surface area (TPSA) is 84.5 Å². The Morgan fingerprint density at radius 1 is 0.903 bits per heavy atom. The monoisotopic (exact) mass is 456 g/mol. The molecule has 0 fully saturated rings. The summed E-state index contributed by atoms with van der Waals surface area (Å²) < 4.78 is 32.8. The molecule has 31 heavy (non-hydrogen) atoms. The molecule has 0 radical (unpaired) electrons. The van der Waals surface area contributed by atoms with Crippen molar-refractivity contribution in [1.29, 1.82) is 0 Å². The van der Waals surface area contributed by atoms with E-state index in [-0.39, 0.29) is 16.1 Å². The van der Waals surface area contributed by atoms with Crippen LogP contribution < -0.4 is 14.8 Å². The summed E-state index contributed by atoms with van der Waals surface area (Å²) in [5.74, 6) is 0.482. The lowest BCUT2D eigenvalue weighted by molar-refractivity contribution is -0.115. The summed E-state index contributed by atoms with van der Waals surface area (Å²) in [6.45, 7) is 3.85. The van der Waals surface area contributed by atoms with E-state index in [0.29, 0.717) is 17.1 Å². The molecular weight excluding hydrogens is 432 g/mol. The lowest BCUT2D eigenvalue weighted by Gasteiger charge is -2.13. The number of nitrogens with one attached hydrogen (secondary N) is 2. The quantitative estimate of drug-likeness (QED) is 0.470. The minimum atomic E-state index is -3.75. The molecule has 3 aromatic rings. The Bertz CT molecular complexity index is 1130. The molecule has 0 aliphatic carbocycles. The Hall–Kier alpha value is -2.97. The molecule has 6 nitrogen and oxygen atoms in total. The van der Waals surface area contributed by atoms with Crippen molar-refractivity contribution in [3.63, 3.8) is 0 Å². The number of rotatable bonds is 8. The predicted octanol–water partition coefficient (Wildman–Crippen LogP) is 4.92. The molecule has 0 heterocycles. The van der Waals surface area contributed by atoms with Crippen molar-refractivity contribution in [2.75, 3.05) is 17.1 Å². The van der Waals surface area contributed by atoms with Gasteiger partial charge in [-0.15, -0.1) is 11.8 Å². The van der Waals surface area contributed by atoms with E-state index >= 15 is 0 Å². The van der Waals surface area contributed by atoms with E-state index in [0.717, 1.165) is 10.5 Å². The minimum Gasteiger partial charge on any atom is -0.497 e. The first-order valence-electron chi connectivity index (χ1n) is 9.58. The number of amides is 1. The number of aryl methyl sites for hydroxylation is 1. The molecule has 1 amide bonds. The van der Waals surface area contributed by atoms with Gasteiger partial charge in [-0.3, -0.25) is 9.52 Å². The fraction of sp³-hybridized carbons (Fsp3) is 0.174. The molecule has 8 heteroatoms. The van der Waals surface area contributed by atoms with Crippen LogP contribution in [0.15, 0.2) is 82.6 Å². The number of carbonyl (C=O) groups excluding carboxylic acids is 1. The van der Waals surface area contributed by atoms with E-state index in [1.165, 1.54) is 23.9 Å². The van der Waals surface area contributed by atoms with Crippen LogP contribution in [0, 0.1) is 6.92 Å². The van der Waals surface area contributed by atoms with E-state index in [1.54, 1.807) is 43.5 Å². The van der Waals surface area contributed by atoms with Gasteiger partial charge < -0.3 is 10.1 Å². The standard InChI is InChI=1S/C23H24N2O4S2/c1-16-4-12-21(13-5-16)30-17(2)23(26)24-18-8-14-22(15-9-18)31(27,28)25-19-6-10-20(29-3)11-7-19/h4-15,17,25H,1-3H3,(H,24,26)/t17-/m1/s1. The fourth-order valence-corrected chi connectivity index (χ4v) is 4.63. The average molecular weight is 457 g/mol. The molecule has 0 saturated carbocycles. The third-order valence-corrected chi connectivity index (χ3v) is 6.99. The van der Waals surface area contributed by atoms with Crippen molar-refractivity contribution in [3.8, 4) is 5.75 Å². The second kappa shape index (κ2) is 9.89. The average Bonchev–Trinajstić information content (AvgIpc) is 2.76. The van der Waals surface area contributed by atoms with Crippen LogP contribution >= 0.6 is 11.8 Å². The number of hydrogen-bond donors (Lipinski definition) is 2. The van der Waals surface area contributed by atoms with Gasteiger partial charge in [0.1, 0.15) is 5.75 Å². The number of ether oxygens (including phenoxy) is 1. The van der Waals surface area contributed by atoms with E-state index in [1.807, 2.05) is 38.1 Å². The number of anilines is 2. The third-order valence-electron chi connectivity index (χ3n) is 4.48. The summed E-state index contributed by atoms with van der Waals surface area (Å²) in [7, 11) is -2.20. The van der Waals surface area contributed by atoms with Gasteiger partial charge in [-0.25, -0.2) is 8.42 Å². The molecule has 0 spiro atoms. The maximum atomic E-state index is 12.6. The molecular formula is C23H24N2O4S2. The van der Waals surface area contributed by atoms with Crippen molar-refractivity contribution < 1.29 is 17.9 Å². The van der Waals surface area contributed by atoms with E-state index in [9.17, 15) is 13.2 Å². The Balaban J connectivity index is 1.61. The Morgan fingerprint density at radius 2 is 1.48 bits per heavy atom. The normalized spacial score (nSPS) is 12.1. The summed E-state index contributed by atoms with van der Waals surface area (Å²) in [5, 5.41) is 2.52. The molecule has 0 bridgehead atoms. The van der Waals surface area contributed by atoms with Crippen LogP contribution in [0.1, 0.15) is 12.5 Å². The summed E-state index contributed by atoms with van der Waals surface area (Å²) in [5.41, 5.74) is 2.13. The zero-order chi connectivity index (χ0) is 22.4. The van der Waals surface area contributed by atoms with Crippen LogP contribution in [0.3, 0.4) is 0 Å². The smallest absolute Gasteiger partial charge is 0.261 e. The van der Waals surface area contributed by atoms with Crippen LogP contribution in [0.25, 0.3) is 0 Å². The highest BCUT2D eigenvalue weighted by atomic mass is 32.2. The van der Waals surface area contributed by atoms with Gasteiger partial charge in [0.2, 0.25) is 5.91 Å².